The summed E-state index contributed by atoms with van der Waals surface area (Å²) in [6.45, 7) is 8.16. The van der Waals surface area contributed by atoms with Gasteiger partial charge in [0.05, 0.1) is 0 Å². The first-order chi connectivity index (χ1) is 11.3. The minimum atomic E-state index is -2.75. The molecule has 1 fully saturated rings. The maximum absolute atomic E-state index is 15.1. The largest absolute Gasteiger partial charge is 0.459 e. The Balaban J connectivity index is 2.21. The number of nitrogens with zero attached hydrogens (tertiary/aromatic N) is 1. The van der Waals surface area contributed by atoms with Crippen LogP contribution in [-0.2, 0) is 15.2 Å². The summed E-state index contributed by atoms with van der Waals surface area (Å²) in [6, 6.07) is 7.85. The Morgan fingerprint density at radius 1 is 1.33 bits per heavy atom. The van der Waals surface area contributed by atoms with E-state index in [0.29, 0.717) is 11.8 Å². The normalized spacial score (nSPS) is 26.5. The van der Waals surface area contributed by atoms with Gasteiger partial charge in [-0.1, -0.05) is 57.0 Å². The standard InChI is InChI=1S/C20H26FNO2/c1-13(2)17-10-7-15(4)11-18(17)24-19(23)20(21,12-22)16-8-5-14(3)6-9-16/h5-6,8-9,13,15,17-18H,7,10-11H2,1-4H3/t15-,17+,18+,20+/m1/s1. The van der Waals surface area contributed by atoms with E-state index in [1.54, 1.807) is 12.1 Å². The van der Waals surface area contributed by atoms with Crippen molar-refractivity contribution in [3.05, 3.63) is 35.4 Å². The van der Waals surface area contributed by atoms with Crippen LogP contribution in [0.4, 0.5) is 4.39 Å². The van der Waals surface area contributed by atoms with Crippen LogP contribution in [0.1, 0.15) is 51.2 Å². The number of esters is 1. The van der Waals surface area contributed by atoms with Crippen LogP contribution in [0.15, 0.2) is 24.3 Å². The fourth-order valence-corrected chi connectivity index (χ4v) is 3.48. The van der Waals surface area contributed by atoms with Crippen LogP contribution in [0, 0.1) is 36.0 Å². The van der Waals surface area contributed by atoms with Crippen LogP contribution in [-0.4, -0.2) is 12.1 Å². The number of carbonyl (C=O) groups is 1. The Bertz CT molecular complexity index is 620. The van der Waals surface area contributed by atoms with Crippen LogP contribution in [0.25, 0.3) is 0 Å². The second kappa shape index (κ2) is 7.34. The molecule has 0 bridgehead atoms. The number of rotatable bonds is 4. The monoisotopic (exact) mass is 331 g/mol. The highest BCUT2D eigenvalue weighted by atomic mass is 19.1. The molecule has 1 aromatic rings. The Morgan fingerprint density at radius 3 is 2.50 bits per heavy atom. The van der Waals surface area contributed by atoms with E-state index in [-0.39, 0.29) is 17.6 Å². The summed E-state index contributed by atoms with van der Waals surface area (Å²) in [5, 5.41) is 9.31. The van der Waals surface area contributed by atoms with Crippen LogP contribution >= 0.6 is 0 Å². The molecule has 1 aromatic carbocycles. The van der Waals surface area contributed by atoms with E-state index in [2.05, 4.69) is 20.8 Å². The average molecular weight is 331 g/mol. The molecule has 0 aliphatic heterocycles. The molecular weight excluding hydrogens is 305 g/mol. The van der Waals surface area contributed by atoms with Crippen LogP contribution in [0.2, 0.25) is 0 Å². The Kier molecular flexibility index (Phi) is 5.64. The summed E-state index contributed by atoms with van der Waals surface area (Å²) in [4.78, 5) is 12.5. The summed E-state index contributed by atoms with van der Waals surface area (Å²) in [5.41, 5.74) is -1.78. The highest BCUT2D eigenvalue weighted by Crippen LogP contribution is 2.37. The number of hydrogen-bond acceptors (Lipinski definition) is 3. The van der Waals surface area contributed by atoms with Crippen LogP contribution in [0.5, 0.6) is 0 Å². The van der Waals surface area contributed by atoms with Gasteiger partial charge in [-0.25, -0.2) is 9.18 Å². The summed E-state index contributed by atoms with van der Waals surface area (Å²) in [5.74, 6) is -0.0799. The van der Waals surface area contributed by atoms with Crippen molar-refractivity contribution < 1.29 is 13.9 Å². The van der Waals surface area contributed by atoms with Crippen molar-refractivity contribution in [3.63, 3.8) is 0 Å². The first-order valence-corrected chi connectivity index (χ1v) is 8.66. The molecule has 0 amide bonds. The predicted octanol–water partition coefficient (Wildman–Crippen LogP) is 4.69. The van der Waals surface area contributed by atoms with Crippen molar-refractivity contribution in [2.75, 3.05) is 0 Å². The van der Waals surface area contributed by atoms with E-state index < -0.39 is 11.6 Å². The number of ether oxygens (including phenoxy) is 1. The van der Waals surface area contributed by atoms with E-state index >= 15 is 4.39 Å². The van der Waals surface area contributed by atoms with Crippen LogP contribution in [0.3, 0.4) is 0 Å². The summed E-state index contributed by atoms with van der Waals surface area (Å²) in [6.07, 6.45) is 2.46. The third-order valence-corrected chi connectivity index (χ3v) is 5.10. The number of halogens is 1. The molecule has 1 saturated carbocycles. The minimum Gasteiger partial charge on any atom is -0.459 e. The molecule has 3 nitrogen and oxygen atoms in total. The number of alkyl halides is 1. The van der Waals surface area contributed by atoms with Crippen molar-refractivity contribution in [2.24, 2.45) is 17.8 Å². The van der Waals surface area contributed by atoms with Gasteiger partial charge in [-0.2, -0.15) is 5.26 Å². The average Bonchev–Trinajstić information content (AvgIpc) is 2.54. The smallest absolute Gasteiger partial charge is 0.364 e. The van der Waals surface area contributed by atoms with Crippen molar-refractivity contribution >= 4 is 5.97 Å². The number of benzene rings is 1. The molecule has 0 radical (unpaired) electrons. The molecule has 1 aliphatic rings. The molecule has 0 aromatic heterocycles. The molecule has 0 heterocycles. The first kappa shape index (κ1) is 18.4. The molecule has 130 valence electrons. The number of aryl methyl sites for hydroxylation is 1. The molecule has 1 aliphatic carbocycles. The Morgan fingerprint density at radius 2 is 1.96 bits per heavy atom. The van der Waals surface area contributed by atoms with Crippen molar-refractivity contribution in [1.29, 1.82) is 5.26 Å². The lowest BCUT2D eigenvalue weighted by Gasteiger charge is -2.37. The highest BCUT2D eigenvalue weighted by molar-refractivity contribution is 5.84. The van der Waals surface area contributed by atoms with E-state index in [1.807, 2.05) is 6.92 Å². The van der Waals surface area contributed by atoms with Gasteiger partial charge in [-0.3, -0.25) is 0 Å². The molecule has 0 N–H and O–H groups in total. The van der Waals surface area contributed by atoms with Gasteiger partial charge in [-0.05, 0) is 37.5 Å². The molecule has 4 atom stereocenters. The quantitative estimate of drug-likeness (QED) is 0.752. The van der Waals surface area contributed by atoms with E-state index in [0.717, 1.165) is 24.8 Å². The van der Waals surface area contributed by atoms with Gasteiger partial charge in [-0.15, -0.1) is 0 Å². The maximum atomic E-state index is 15.1. The maximum Gasteiger partial charge on any atom is 0.364 e. The molecule has 0 unspecified atom stereocenters. The lowest BCUT2D eigenvalue weighted by molar-refractivity contribution is -0.167. The number of nitriles is 1. The molecule has 0 spiro atoms. The van der Waals surface area contributed by atoms with Gasteiger partial charge < -0.3 is 4.74 Å². The zero-order valence-electron chi connectivity index (χ0n) is 14.9. The molecule has 2 rings (SSSR count). The number of hydrogen-bond donors (Lipinski definition) is 0. The SMILES string of the molecule is Cc1ccc([C@@](F)(C#N)C(=O)O[C@H]2C[C@H](C)CC[C@H]2C(C)C)cc1. The second-order valence-corrected chi connectivity index (χ2v) is 7.41. The fraction of sp³-hybridized carbons (Fsp3) is 0.600. The van der Waals surface area contributed by atoms with Crippen molar-refractivity contribution in [2.45, 2.75) is 58.7 Å². The second-order valence-electron chi connectivity index (χ2n) is 7.41. The summed E-state index contributed by atoms with van der Waals surface area (Å²) < 4.78 is 20.7. The summed E-state index contributed by atoms with van der Waals surface area (Å²) in [7, 11) is 0. The molecule has 24 heavy (non-hydrogen) atoms. The van der Waals surface area contributed by atoms with E-state index in [9.17, 15) is 10.1 Å². The molecular formula is C20H26FNO2. The number of carbonyl (C=O) groups excluding carboxylic acids is 1. The third kappa shape index (κ3) is 3.77. The van der Waals surface area contributed by atoms with Gasteiger partial charge in [0.1, 0.15) is 12.2 Å². The van der Waals surface area contributed by atoms with Gasteiger partial charge in [0, 0.05) is 5.56 Å². The van der Waals surface area contributed by atoms with Crippen LogP contribution < -0.4 is 0 Å². The van der Waals surface area contributed by atoms with E-state index in [4.69, 9.17) is 4.74 Å². The van der Waals surface area contributed by atoms with Crippen molar-refractivity contribution in [3.8, 4) is 6.07 Å². The molecule has 0 saturated heterocycles. The Hall–Kier alpha value is -1.89. The first-order valence-electron chi connectivity index (χ1n) is 8.66. The van der Waals surface area contributed by atoms with Gasteiger partial charge in [0.25, 0.3) is 0 Å². The zero-order chi connectivity index (χ0) is 17.9. The van der Waals surface area contributed by atoms with E-state index in [1.165, 1.54) is 18.2 Å². The van der Waals surface area contributed by atoms with Gasteiger partial charge in [0.2, 0.25) is 0 Å². The fourth-order valence-electron chi connectivity index (χ4n) is 3.48. The molecule has 4 heteroatoms. The van der Waals surface area contributed by atoms with Crippen molar-refractivity contribution in [1.82, 2.24) is 0 Å². The zero-order valence-corrected chi connectivity index (χ0v) is 14.9. The minimum absolute atomic E-state index is 0.0329. The lowest BCUT2D eigenvalue weighted by Crippen LogP contribution is -2.41. The van der Waals surface area contributed by atoms with Gasteiger partial charge >= 0.3 is 11.6 Å². The van der Waals surface area contributed by atoms with Gasteiger partial charge in [0.15, 0.2) is 0 Å². The Labute approximate surface area is 143 Å². The highest BCUT2D eigenvalue weighted by Gasteiger charge is 2.45. The summed E-state index contributed by atoms with van der Waals surface area (Å²) >= 11 is 0. The lowest BCUT2D eigenvalue weighted by atomic mass is 9.75. The topological polar surface area (TPSA) is 50.1 Å². The third-order valence-electron chi connectivity index (χ3n) is 5.10. The predicted molar refractivity (Wildman–Crippen MR) is 90.8 cm³/mol.